The average molecular weight is 732 g/mol. The second kappa shape index (κ2) is 42.3. The fourth-order valence-corrected chi connectivity index (χ4v) is 6.90. The topological polar surface area (TPSA) is 89.8 Å². The highest BCUT2D eigenvalue weighted by Crippen LogP contribution is 2.15. The van der Waals surface area contributed by atoms with Crippen LogP contribution in [-0.2, 0) is 4.79 Å². The van der Waals surface area contributed by atoms with Crippen LogP contribution in [-0.4, -0.2) is 46.1 Å². The lowest BCUT2D eigenvalue weighted by Crippen LogP contribution is -2.50. The minimum atomic E-state index is -1.16. The molecule has 0 aliphatic carbocycles. The molecule has 1 amide bonds. The molecule has 5 heteroatoms. The van der Waals surface area contributed by atoms with E-state index in [0.29, 0.717) is 12.8 Å². The molecular formula is C47H89NO4. The molecule has 0 aliphatic rings. The minimum absolute atomic E-state index is 0.157. The highest BCUT2D eigenvalue weighted by atomic mass is 16.3. The summed E-state index contributed by atoms with van der Waals surface area (Å²) in [7, 11) is 0. The van der Waals surface area contributed by atoms with Crippen molar-refractivity contribution in [2.75, 3.05) is 6.61 Å². The van der Waals surface area contributed by atoms with E-state index in [4.69, 9.17) is 0 Å². The van der Waals surface area contributed by atoms with Crippen molar-refractivity contribution in [1.82, 2.24) is 5.32 Å². The first-order chi connectivity index (χ1) is 25.6. The summed E-state index contributed by atoms with van der Waals surface area (Å²) in [6.07, 6.45) is 52.8. The maximum atomic E-state index is 12.4. The van der Waals surface area contributed by atoms with Gasteiger partial charge in [0.05, 0.1) is 18.8 Å². The van der Waals surface area contributed by atoms with Crippen LogP contribution in [0.3, 0.4) is 0 Å². The predicted octanol–water partition coefficient (Wildman–Crippen LogP) is 13.2. The van der Waals surface area contributed by atoms with E-state index >= 15 is 0 Å². The molecule has 306 valence electrons. The second-order valence-electron chi connectivity index (χ2n) is 15.6. The van der Waals surface area contributed by atoms with E-state index in [2.05, 4.69) is 55.6 Å². The molecule has 0 bridgehead atoms. The highest BCUT2D eigenvalue weighted by Gasteiger charge is 2.26. The summed E-state index contributed by atoms with van der Waals surface area (Å²) in [6, 6.07) is -0.824. The van der Waals surface area contributed by atoms with Crippen LogP contribution in [0.1, 0.15) is 232 Å². The van der Waals surface area contributed by atoms with Gasteiger partial charge in [-0.25, -0.2) is 0 Å². The van der Waals surface area contributed by atoms with E-state index in [1.807, 2.05) is 0 Å². The van der Waals surface area contributed by atoms with Gasteiger partial charge in [0.2, 0.25) is 5.91 Å². The SMILES string of the molecule is CCCCCC/C=C/CCCC(O)C(O)C(CO)NC(=O)CCCCCCCCCCCCCCC/C=C\C/C=C\CCCCCCCCCCC. The molecule has 52 heavy (non-hydrogen) atoms. The summed E-state index contributed by atoms with van der Waals surface area (Å²) in [5.41, 5.74) is 0. The number of carbonyl (C=O) groups excluding carboxylic acids is 1. The van der Waals surface area contributed by atoms with Crippen molar-refractivity contribution in [1.29, 1.82) is 0 Å². The van der Waals surface area contributed by atoms with Crippen LogP contribution in [0.25, 0.3) is 0 Å². The van der Waals surface area contributed by atoms with Crippen LogP contribution in [0.4, 0.5) is 0 Å². The monoisotopic (exact) mass is 732 g/mol. The minimum Gasteiger partial charge on any atom is -0.394 e. The van der Waals surface area contributed by atoms with Crippen LogP contribution >= 0.6 is 0 Å². The first-order valence-corrected chi connectivity index (χ1v) is 22.8. The lowest BCUT2D eigenvalue weighted by atomic mass is 10.0. The molecule has 5 nitrogen and oxygen atoms in total. The molecule has 0 radical (unpaired) electrons. The second-order valence-corrected chi connectivity index (χ2v) is 15.6. The van der Waals surface area contributed by atoms with Crippen molar-refractivity contribution in [3.8, 4) is 0 Å². The molecule has 0 aromatic heterocycles. The zero-order valence-electron chi connectivity index (χ0n) is 34.7. The van der Waals surface area contributed by atoms with Crippen molar-refractivity contribution >= 4 is 5.91 Å². The Labute approximate surface area is 324 Å². The van der Waals surface area contributed by atoms with Crippen molar-refractivity contribution in [3.05, 3.63) is 36.5 Å². The van der Waals surface area contributed by atoms with Gasteiger partial charge in [-0.2, -0.15) is 0 Å². The van der Waals surface area contributed by atoms with E-state index in [0.717, 1.165) is 44.9 Å². The lowest BCUT2D eigenvalue weighted by Gasteiger charge is -2.26. The summed E-state index contributed by atoms with van der Waals surface area (Å²) in [5.74, 6) is -0.157. The molecule has 4 N–H and O–H groups in total. The first-order valence-electron chi connectivity index (χ1n) is 22.8. The molecule has 3 atom stereocenters. The van der Waals surface area contributed by atoms with Gasteiger partial charge in [-0.05, 0) is 70.6 Å². The number of unbranched alkanes of at least 4 members (excludes halogenated alkanes) is 27. The fraction of sp³-hybridized carbons (Fsp3) is 0.851. The number of hydrogen-bond donors (Lipinski definition) is 4. The van der Waals surface area contributed by atoms with E-state index in [1.165, 1.54) is 161 Å². The van der Waals surface area contributed by atoms with Crippen molar-refractivity contribution in [2.24, 2.45) is 0 Å². The third-order valence-corrected chi connectivity index (χ3v) is 10.5. The Hall–Kier alpha value is -1.43. The Morgan fingerprint density at radius 1 is 0.481 bits per heavy atom. The molecule has 0 saturated heterocycles. The molecule has 0 fully saturated rings. The number of carbonyl (C=O) groups is 1. The number of hydrogen-bond acceptors (Lipinski definition) is 4. The Bertz CT molecular complexity index is 809. The Kier molecular flexibility index (Phi) is 41.1. The summed E-state index contributed by atoms with van der Waals surface area (Å²) in [4.78, 5) is 12.4. The molecule has 0 aromatic carbocycles. The largest absolute Gasteiger partial charge is 0.394 e. The van der Waals surface area contributed by atoms with Crippen molar-refractivity contribution in [3.63, 3.8) is 0 Å². The van der Waals surface area contributed by atoms with Gasteiger partial charge >= 0.3 is 0 Å². The van der Waals surface area contributed by atoms with Gasteiger partial charge in [-0.15, -0.1) is 0 Å². The smallest absolute Gasteiger partial charge is 0.220 e. The Morgan fingerprint density at radius 3 is 1.25 bits per heavy atom. The zero-order chi connectivity index (χ0) is 38.0. The van der Waals surface area contributed by atoms with Gasteiger partial charge in [-0.1, -0.05) is 192 Å². The first kappa shape index (κ1) is 50.6. The molecular weight excluding hydrogens is 643 g/mol. The van der Waals surface area contributed by atoms with Gasteiger partial charge in [0.15, 0.2) is 0 Å². The van der Waals surface area contributed by atoms with E-state index in [9.17, 15) is 20.1 Å². The molecule has 0 aromatic rings. The van der Waals surface area contributed by atoms with Gasteiger partial charge in [0, 0.05) is 6.42 Å². The number of nitrogens with one attached hydrogen (secondary N) is 1. The number of aliphatic hydroxyl groups excluding tert-OH is 3. The van der Waals surface area contributed by atoms with Crippen molar-refractivity contribution in [2.45, 2.75) is 250 Å². The normalized spacial score (nSPS) is 13.9. The summed E-state index contributed by atoms with van der Waals surface area (Å²) in [6.45, 7) is 4.12. The lowest BCUT2D eigenvalue weighted by molar-refractivity contribution is -0.124. The van der Waals surface area contributed by atoms with E-state index in [1.54, 1.807) is 0 Å². The number of amides is 1. The van der Waals surface area contributed by atoms with Gasteiger partial charge < -0.3 is 20.6 Å². The summed E-state index contributed by atoms with van der Waals surface area (Å²) < 4.78 is 0. The summed E-state index contributed by atoms with van der Waals surface area (Å²) in [5, 5.41) is 33.3. The third-order valence-electron chi connectivity index (χ3n) is 10.5. The number of rotatable bonds is 41. The maximum absolute atomic E-state index is 12.4. The van der Waals surface area contributed by atoms with Crippen LogP contribution in [0.5, 0.6) is 0 Å². The van der Waals surface area contributed by atoms with Crippen LogP contribution < -0.4 is 5.32 Å². The predicted molar refractivity (Wildman–Crippen MR) is 227 cm³/mol. The van der Waals surface area contributed by atoms with Gasteiger partial charge in [0.1, 0.15) is 6.10 Å². The maximum Gasteiger partial charge on any atom is 0.220 e. The quantitative estimate of drug-likeness (QED) is 0.0372. The number of aliphatic hydroxyl groups is 3. The fourth-order valence-electron chi connectivity index (χ4n) is 6.90. The Balaban J connectivity index is 3.54. The van der Waals surface area contributed by atoms with Gasteiger partial charge in [0.25, 0.3) is 0 Å². The van der Waals surface area contributed by atoms with Crippen molar-refractivity contribution < 1.29 is 20.1 Å². The average Bonchev–Trinajstić information content (AvgIpc) is 3.15. The highest BCUT2D eigenvalue weighted by molar-refractivity contribution is 5.76. The molecule has 0 saturated carbocycles. The standard InChI is InChI=1S/C47H89NO4/c1-3-5-7-9-11-13-14-15-16-17-18-19-20-21-22-23-24-25-26-27-28-29-30-31-32-34-36-38-40-42-46(51)48-44(43-49)47(52)45(50)41-39-37-35-33-12-10-8-6-4-2/h18-19,21-22,33,35,44-45,47,49-50,52H,3-17,20,23-32,34,36-43H2,1-2H3,(H,48,51)/b19-18-,22-21-,35-33+. The Morgan fingerprint density at radius 2 is 0.827 bits per heavy atom. The molecule has 0 aliphatic heterocycles. The molecule has 3 unspecified atom stereocenters. The van der Waals surface area contributed by atoms with E-state index < -0.39 is 18.2 Å². The van der Waals surface area contributed by atoms with Crippen LogP contribution in [0.15, 0.2) is 36.5 Å². The summed E-state index contributed by atoms with van der Waals surface area (Å²) >= 11 is 0. The molecule has 0 spiro atoms. The van der Waals surface area contributed by atoms with Crippen LogP contribution in [0, 0.1) is 0 Å². The molecule has 0 rings (SSSR count). The molecule has 0 heterocycles. The number of allylic oxidation sites excluding steroid dienone is 6. The zero-order valence-corrected chi connectivity index (χ0v) is 34.7. The van der Waals surface area contributed by atoms with Gasteiger partial charge in [-0.3, -0.25) is 4.79 Å². The third kappa shape index (κ3) is 36.9. The van der Waals surface area contributed by atoms with E-state index in [-0.39, 0.29) is 12.5 Å². The van der Waals surface area contributed by atoms with Crippen LogP contribution in [0.2, 0.25) is 0 Å².